The van der Waals surface area contributed by atoms with E-state index in [0.29, 0.717) is 12.2 Å². The second kappa shape index (κ2) is 8.94. The summed E-state index contributed by atoms with van der Waals surface area (Å²) in [4.78, 5) is 18.9. The molecule has 3 aliphatic heterocycles. The van der Waals surface area contributed by atoms with Crippen molar-refractivity contribution in [1.82, 2.24) is 14.7 Å². The highest BCUT2D eigenvalue weighted by molar-refractivity contribution is 5.86. The second-order valence-corrected chi connectivity index (χ2v) is 11.0. The highest BCUT2D eigenvalue weighted by Crippen LogP contribution is 2.35. The van der Waals surface area contributed by atoms with E-state index in [1.165, 1.54) is 70.2 Å². The lowest BCUT2D eigenvalue weighted by molar-refractivity contribution is -0.135. The van der Waals surface area contributed by atoms with Crippen LogP contribution in [0.25, 0.3) is 0 Å². The molecule has 0 bridgehead atoms. The number of hydrogen-bond acceptors (Lipinski definition) is 4. The van der Waals surface area contributed by atoms with Crippen molar-refractivity contribution in [2.75, 3.05) is 32.7 Å². The van der Waals surface area contributed by atoms with Crippen LogP contribution in [0.3, 0.4) is 0 Å². The molecule has 4 aliphatic rings. The molecule has 2 saturated heterocycles. The van der Waals surface area contributed by atoms with Crippen molar-refractivity contribution in [2.45, 2.75) is 83.7 Å². The number of hydrogen-bond donors (Lipinski definition) is 1. The Labute approximate surface area is 182 Å². The molecule has 0 radical (unpaired) electrons. The number of nitrogens with zero attached hydrogens (tertiary/aromatic N) is 3. The predicted molar refractivity (Wildman–Crippen MR) is 121 cm³/mol. The predicted octanol–water partition coefficient (Wildman–Crippen LogP) is 4.32. The van der Waals surface area contributed by atoms with Crippen molar-refractivity contribution in [2.24, 2.45) is 11.8 Å². The Bertz CT molecular complexity index is 673. The number of carboxylic acids is 1. The summed E-state index contributed by atoms with van der Waals surface area (Å²) in [6.45, 7) is 11.9. The van der Waals surface area contributed by atoms with E-state index in [1.54, 1.807) is 6.08 Å². The zero-order valence-corrected chi connectivity index (χ0v) is 19.3. The zero-order chi connectivity index (χ0) is 21.3. The van der Waals surface area contributed by atoms with Gasteiger partial charge in [-0.2, -0.15) is 0 Å². The van der Waals surface area contributed by atoms with Crippen molar-refractivity contribution in [1.29, 1.82) is 0 Å². The van der Waals surface area contributed by atoms with Gasteiger partial charge in [0.1, 0.15) is 5.70 Å². The van der Waals surface area contributed by atoms with Gasteiger partial charge in [-0.25, -0.2) is 4.79 Å². The quantitative estimate of drug-likeness (QED) is 0.725. The monoisotopic (exact) mass is 415 g/mol. The number of carboxylic acid groups (broad SMARTS) is 1. The molecule has 5 heteroatoms. The van der Waals surface area contributed by atoms with Gasteiger partial charge in [0.05, 0.1) is 6.54 Å². The molecule has 0 spiro atoms. The first-order valence-corrected chi connectivity index (χ1v) is 12.2. The number of carbonyl (C=O) groups is 1. The van der Waals surface area contributed by atoms with Gasteiger partial charge < -0.3 is 19.8 Å². The minimum Gasteiger partial charge on any atom is -0.477 e. The van der Waals surface area contributed by atoms with Crippen LogP contribution in [0.1, 0.15) is 72.1 Å². The third-order valence-electron chi connectivity index (χ3n) is 8.00. The number of likely N-dealkylation sites (tertiary alicyclic amines) is 2. The van der Waals surface area contributed by atoms with Crippen LogP contribution in [0.2, 0.25) is 0 Å². The van der Waals surface area contributed by atoms with Crippen LogP contribution in [0.15, 0.2) is 23.5 Å². The fourth-order valence-electron chi connectivity index (χ4n) is 5.79. The van der Waals surface area contributed by atoms with Crippen molar-refractivity contribution >= 4 is 5.97 Å². The Hall–Kier alpha value is -1.49. The van der Waals surface area contributed by atoms with Gasteiger partial charge in [-0.05, 0) is 103 Å². The number of piperidine rings is 2. The summed E-state index contributed by atoms with van der Waals surface area (Å²) >= 11 is 0. The zero-order valence-electron chi connectivity index (χ0n) is 19.3. The maximum absolute atomic E-state index is 11.6. The summed E-state index contributed by atoms with van der Waals surface area (Å²) in [5.41, 5.74) is 1.49. The average molecular weight is 416 g/mol. The van der Waals surface area contributed by atoms with Crippen LogP contribution in [0.5, 0.6) is 0 Å². The fraction of sp³-hybridized carbons (Fsp3) is 0.800. The minimum atomic E-state index is -0.831. The molecule has 168 valence electrons. The van der Waals surface area contributed by atoms with E-state index in [9.17, 15) is 9.90 Å². The summed E-state index contributed by atoms with van der Waals surface area (Å²) in [6.07, 6.45) is 15.0. The molecule has 0 amide bonds. The fourth-order valence-corrected chi connectivity index (χ4v) is 5.79. The first kappa shape index (κ1) is 21.7. The SMILES string of the molecule is CC(C)(C)N1CC(N2CCC(CC3CCN(C4CCC4)CC3)CC2)=CC=C1C(=O)O. The van der Waals surface area contributed by atoms with E-state index >= 15 is 0 Å². The molecular weight excluding hydrogens is 374 g/mol. The molecule has 4 rings (SSSR count). The van der Waals surface area contributed by atoms with Gasteiger partial charge in [-0.1, -0.05) is 6.42 Å². The lowest BCUT2D eigenvalue weighted by Gasteiger charge is -2.44. The van der Waals surface area contributed by atoms with Crippen LogP contribution in [0.4, 0.5) is 0 Å². The summed E-state index contributed by atoms with van der Waals surface area (Å²) in [5.74, 6) is 0.973. The van der Waals surface area contributed by atoms with Crippen molar-refractivity contribution in [3.8, 4) is 0 Å². The van der Waals surface area contributed by atoms with Gasteiger partial charge in [-0.15, -0.1) is 0 Å². The van der Waals surface area contributed by atoms with E-state index in [2.05, 4.69) is 30.6 Å². The minimum absolute atomic E-state index is 0.198. The van der Waals surface area contributed by atoms with Crippen LogP contribution in [-0.4, -0.2) is 70.1 Å². The first-order valence-electron chi connectivity index (χ1n) is 12.2. The number of allylic oxidation sites excluding steroid dienone is 2. The molecule has 0 atom stereocenters. The Morgan fingerprint density at radius 1 is 0.967 bits per heavy atom. The Kier molecular flexibility index (Phi) is 6.47. The summed E-state index contributed by atoms with van der Waals surface area (Å²) in [7, 11) is 0. The van der Waals surface area contributed by atoms with Gasteiger partial charge in [0.15, 0.2) is 0 Å². The number of rotatable bonds is 5. The molecule has 1 N–H and O–H groups in total. The normalized spacial score (nSPS) is 25.7. The van der Waals surface area contributed by atoms with E-state index in [4.69, 9.17) is 0 Å². The topological polar surface area (TPSA) is 47.0 Å². The number of aliphatic carboxylic acids is 1. The highest BCUT2D eigenvalue weighted by atomic mass is 16.4. The molecule has 5 nitrogen and oxygen atoms in total. The van der Waals surface area contributed by atoms with Gasteiger partial charge >= 0.3 is 5.97 Å². The average Bonchev–Trinajstić information content (AvgIpc) is 2.67. The van der Waals surface area contributed by atoms with E-state index < -0.39 is 5.97 Å². The lowest BCUT2D eigenvalue weighted by Crippen LogP contribution is -2.48. The standard InChI is InChI=1S/C25H41N3O2/c1-25(2,3)28-18-22(7-8-23(28)24(29)30)27-15-11-20(12-16-27)17-19-9-13-26(14-10-19)21-5-4-6-21/h7-8,19-21H,4-6,9-18H2,1-3H3,(H,29,30). The van der Waals surface area contributed by atoms with Gasteiger partial charge in [-0.3, -0.25) is 0 Å². The molecule has 3 fully saturated rings. The van der Waals surface area contributed by atoms with Crippen molar-refractivity contribution in [3.63, 3.8) is 0 Å². The van der Waals surface area contributed by atoms with E-state index in [1.807, 2.05) is 11.0 Å². The molecule has 1 saturated carbocycles. The second-order valence-electron chi connectivity index (χ2n) is 11.0. The largest absolute Gasteiger partial charge is 0.477 e. The van der Waals surface area contributed by atoms with Crippen LogP contribution in [0, 0.1) is 11.8 Å². The molecule has 0 unspecified atom stereocenters. The highest BCUT2D eigenvalue weighted by Gasteiger charge is 2.33. The maximum atomic E-state index is 11.6. The maximum Gasteiger partial charge on any atom is 0.352 e. The lowest BCUT2D eigenvalue weighted by atomic mass is 9.81. The third-order valence-corrected chi connectivity index (χ3v) is 8.00. The first-order chi connectivity index (χ1) is 14.3. The Morgan fingerprint density at radius 2 is 1.57 bits per heavy atom. The third kappa shape index (κ3) is 4.87. The Balaban J connectivity index is 1.26. The van der Waals surface area contributed by atoms with Crippen molar-refractivity contribution in [3.05, 3.63) is 23.5 Å². The van der Waals surface area contributed by atoms with E-state index in [-0.39, 0.29) is 5.54 Å². The van der Waals surface area contributed by atoms with Crippen LogP contribution in [-0.2, 0) is 4.79 Å². The molecule has 0 aromatic heterocycles. The van der Waals surface area contributed by atoms with Crippen LogP contribution < -0.4 is 0 Å². The molecule has 0 aromatic carbocycles. The molecule has 30 heavy (non-hydrogen) atoms. The van der Waals surface area contributed by atoms with Gasteiger partial charge in [0, 0.05) is 30.4 Å². The smallest absolute Gasteiger partial charge is 0.352 e. The van der Waals surface area contributed by atoms with Gasteiger partial charge in [0.25, 0.3) is 0 Å². The van der Waals surface area contributed by atoms with Crippen molar-refractivity contribution < 1.29 is 9.90 Å². The van der Waals surface area contributed by atoms with Gasteiger partial charge in [0.2, 0.25) is 0 Å². The summed E-state index contributed by atoms with van der Waals surface area (Å²) < 4.78 is 0. The molecule has 1 aliphatic carbocycles. The summed E-state index contributed by atoms with van der Waals surface area (Å²) in [5, 5.41) is 9.57. The van der Waals surface area contributed by atoms with E-state index in [0.717, 1.165) is 31.0 Å². The van der Waals surface area contributed by atoms with Crippen LogP contribution >= 0.6 is 0 Å². The molecule has 0 aromatic rings. The summed E-state index contributed by atoms with van der Waals surface area (Å²) in [6, 6.07) is 0.918. The Morgan fingerprint density at radius 3 is 2.07 bits per heavy atom. The molecule has 3 heterocycles. The molecular formula is C25H41N3O2.